The van der Waals surface area contributed by atoms with Gasteiger partial charge in [0, 0.05) is 31.1 Å². The molecule has 1 aromatic rings. The van der Waals surface area contributed by atoms with Crippen molar-refractivity contribution in [3.05, 3.63) is 29.3 Å². The van der Waals surface area contributed by atoms with Crippen LogP contribution in [0.2, 0.25) is 5.02 Å². The molecular weight excluding hydrogens is 373 g/mol. The molecule has 1 aliphatic heterocycles. The topological polar surface area (TPSA) is 92.5 Å². The first-order valence-corrected chi connectivity index (χ1v) is 9.35. The van der Waals surface area contributed by atoms with Crippen molar-refractivity contribution >= 4 is 39.9 Å². The normalized spacial score (nSPS) is 20.7. The van der Waals surface area contributed by atoms with Gasteiger partial charge in [0.15, 0.2) is 0 Å². The third kappa shape index (κ3) is 5.32. The molecule has 1 heterocycles. The third-order valence-corrected chi connectivity index (χ3v) is 5.83. The summed E-state index contributed by atoms with van der Waals surface area (Å²) in [5, 5.41) is 0.349. The molecule has 3 N–H and O–H groups in total. The molecule has 1 atom stereocenters. The van der Waals surface area contributed by atoms with Crippen molar-refractivity contribution in [3.8, 4) is 0 Å². The third-order valence-electron chi connectivity index (χ3n) is 4.14. The van der Waals surface area contributed by atoms with E-state index in [2.05, 4.69) is 11.6 Å². The van der Waals surface area contributed by atoms with Crippen LogP contribution in [0.3, 0.4) is 0 Å². The van der Waals surface area contributed by atoms with Crippen LogP contribution in [0.1, 0.15) is 19.8 Å². The number of nitrogens with zero attached hydrogens (tertiary/aromatic N) is 1. The van der Waals surface area contributed by atoms with Gasteiger partial charge in [0.05, 0.1) is 4.90 Å². The lowest BCUT2D eigenvalue weighted by Gasteiger charge is -2.22. The standard InChI is InChI=1S/C15H22ClN3O3S.ClH/c1-15(10-17)6-8-19(11-15)14(20)5-7-18-23(21,22)13-4-2-3-12(16)9-13;/h2-4,9,18H,5-8,10-11,17H2,1H3;1H. The molecule has 0 spiro atoms. The average molecular weight is 396 g/mol. The van der Waals surface area contributed by atoms with Gasteiger partial charge in [-0.15, -0.1) is 12.4 Å². The number of nitrogens with two attached hydrogens (primary N) is 1. The predicted molar refractivity (Wildman–Crippen MR) is 96.9 cm³/mol. The van der Waals surface area contributed by atoms with Crippen LogP contribution < -0.4 is 10.5 Å². The van der Waals surface area contributed by atoms with Crippen molar-refractivity contribution in [3.63, 3.8) is 0 Å². The summed E-state index contributed by atoms with van der Waals surface area (Å²) in [6.45, 7) is 3.96. The summed E-state index contributed by atoms with van der Waals surface area (Å²) in [6, 6.07) is 6.01. The van der Waals surface area contributed by atoms with Crippen LogP contribution in [0.5, 0.6) is 0 Å². The zero-order valence-corrected chi connectivity index (χ0v) is 15.9. The predicted octanol–water partition coefficient (Wildman–Crippen LogP) is 1.63. The average Bonchev–Trinajstić information content (AvgIpc) is 2.90. The Bertz CT molecular complexity index is 684. The molecular formula is C15H23Cl2N3O3S. The van der Waals surface area contributed by atoms with Gasteiger partial charge in [-0.3, -0.25) is 4.79 Å². The van der Waals surface area contributed by atoms with Crippen molar-refractivity contribution in [1.82, 2.24) is 9.62 Å². The highest BCUT2D eigenvalue weighted by Gasteiger charge is 2.34. The summed E-state index contributed by atoms with van der Waals surface area (Å²) in [6.07, 6.45) is 1.00. The molecule has 1 fully saturated rings. The summed E-state index contributed by atoms with van der Waals surface area (Å²) < 4.78 is 26.7. The molecule has 1 unspecified atom stereocenters. The SMILES string of the molecule is CC1(CN)CCN(C(=O)CCNS(=O)(=O)c2cccc(Cl)c2)C1.Cl. The molecule has 0 bridgehead atoms. The number of sulfonamides is 1. The summed E-state index contributed by atoms with van der Waals surface area (Å²) in [5.41, 5.74) is 5.69. The van der Waals surface area contributed by atoms with E-state index in [0.717, 1.165) is 6.42 Å². The Morgan fingerprint density at radius 3 is 2.75 bits per heavy atom. The Morgan fingerprint density at radius 1 is 1.46 bits per heavy atom. The number of carbonyl (C=O) groups excluding carboxylic acids is 1. The quantitative estimate of drug-likeness (QED) is 0.765. The van der Waals surface area contributed by atoms with Gasteiger partial charge in [-0.1, -0.05) is 24.6 Å². The second kappa shape index (κ2) is 8.49. The van der Waals surface area contributed by atoms with Gasteiger partial charge in [-0.25, -0.2) is 13.1 Å². The Morgan fingerprint density at radius 2 is 2.17 bits per heavy atom. The first-order valence-electron chi connectivity index (χ1n) is 7.49. The summed E-state index contributed by atoms with van der Waals surface area (Å²) >= 11 is 5.80. The molecule has 0 aliphatic carbocycles. The van der Waals surface area contributed by atoms with Gasteiger partial charge < -0.3 is 10.6 Å². The van der Waals surface area contributed by atoms with E-state index in [4.69, 9.17) is 17.3 Å². The van der Waals surface area contributed by atoms with Crippen LogP contribution in [-0.4, -0.2) is 45.4 Å². The van der Waals surface area contributed by atoms with E-state index in [1.54, 1.807) is 17.0 Å². The zero-order chi connectivity index (χ0) is 17.1. The maximum atomic E-state index is 12.2. The van der Waals surface area contributed by atoms with Crippen molar-refractivity contribution in [1.29, 1.82) is 0 Å². The largest absolute Gasteiger partial charge is 0.342 e. The Balaban J connectivity index is 0.00000288. The van der Waals surface area contributed by atoms with Crippen molar-refractivity contribution < 1.29 is 13.2 Å². The van der Waals surface area contributed by atoms with Gasteiger partial charge in [-0.2, -0.15) is 0 Å². The molecule has 2 rings (SSSR count). The number of rotatable bonds is 6. The van der Waals surface area contributed by atoms with Crippen LogP contribution in [-0.2, 0) is 14.8 Å². The minimum atomic E-state index is -3.65. The number of hydrogen-bond acceptors (Lipinski definition) is 4. The van der Waals surface area contributed by atoms with E-state index in [0.29, 0.717) is 24.7 Å². The summed E-state index contributed by atoms with van der Waals surface area (Å²) in [5.74, 6) is -0.0593. The lowest BCUT2D eigenvalue weighted by Crippen LogP contribution is -2.36. The first-order chi connectivity index (χ1) is 10.8. The van der Waals surface area contributed by atoms with Crippen LogP contribution in [0.25, 0.3) is 0 Å². The molecule has 136 valence electrons. The van der Waals surface area contributed by atoms with Gasteiger partial charge >= 0.3 is 0 Å². The lowest BCUT2D eigenvalue weighted by molar-refractivity contribution is -0.130. The molecule has 1 amide bonds. The fourth-order valence-electron chi connectivity index (χ4n) is 2.57. The number of halogens is 2. The molecule has 9 heteroatoms. The van der Waals surface area contributed by atoms with Gasteiger partial charge in [0.25, 0.3) is 0 Å². The zero-order valence-electron chi connectivity index (χ0n) is 13.5. The Labute approximate surface area is 154 Å². The number of likely N-dealkylation sites (tertiary alicyclic amines) is 1. The van der Waals surface area contributed by atoms with Crippen molar-refractivity contribution in [2.75, 3.05) is 26.2 Å². The van der Waals surface area contributed by atoms with Crippen molar-refractivity contribution in [2.24, 2.45) is 11.1 Å². The first kappa shape index (κ1) is 21.2. The number of hydrogen-bond donors (Lipinski definition) is 2. The molecule has 1 aromatic carbocycles. The number of nitrogens with one attached hydrogen (secondary N) is 1. The van der Waals surface area contributed by atoms with Gasteiger partial charge in [0.1, 0.15) is 0 Å². The van der Waals surface area contributed by atoms with Gasteiger partial charge in [-0.05, 0) is 36.6 Å². The molecule has 24 heavy (non-hydrogen) atoms. The van der Waals surface area contributed by atoms with E-state index < -0.39 is 10.0 Å². The van der Waals surface area contributed by atoms with Crippen molar-refractivity contribution in [2.45, 2.75) is 24.7 Å². The maximum absolute atomic E-state index is 12.2. The minimum Gasteiger partial charge on any atom is -0.342 e. The van der Waals surface area contributed by atoms with Crippen LogP contribution in [0, 0.1) is 5.41 Å². The van der Waals surface area contributed by atoms with Crippen LogP contribution in [0.4, 0.5) is 0 Å². The monoisotopic (exact) mass is 395 g/mol. The smallest absolute Gasteiger partial charge is 0.240 e. The van der Waals surface area contributed by atoms with Crippen LogP contribution >= 0.6 is 24.0 Å². The van der Waals surface area contributed by atoms with Crippen LogP contribution in [0.15, 0.2) is 29.2 Å². The molecule has 1 aliphatic rings. The van der Waals surface area contributed by atoms with E-state index in [9.17, 15) is 13.2 Å². The molecule has 0 radical (unpaired) electrons. The molecule has 0 saturated carbocycles. The minimum absolute atomic E-state index is 0. The fourth-order valence-corrected chi connectivity index (χ4v) is 3.90. The van der Waals surface area contributed by atoms with E-state index >= 15 is 0 Å². The number of benzene rings is 1. The summed E-state index contributed by atoms with van der Waals surface area (Å²) in [4.78, 5) is 14.0. The highest BCUT2D eigenvalue weighted by Crippen LogP contribution is 2.28. The Kier molecular flexibility index (Phi) is 7.49. The highest BCUT2D eigenvalue weighted by atomic mass is 35.5. The van der Waals surface area contributed by atoms with E-state index in [1.165, 1.54) is 12.1 Å². The maximum Gasteiger partial charge on any atom is 0.240 e. The number of carbonyl (C=O) groups is 1. The number of amides is 1. The lowest BCUT2D eigenvalue weighted by atomic mass is 9.90. The molecule has 1 saturated heterocycles. The van der Waals surface area contributed by atoms with E-state index in [1.807, 2.05) is 0 Å². The highest BCUT2D eigenvalue weighted by molar-refractivity contribution is 7.89. The summed E-state index contributed by atoms with van der Waals surface area (Å²) in [7, 11) is -3.65. The second-order valence-electron chi connectivity index (χ2n) is 6.19. The fraction of sp³-hybridized carbons (Fsp3) is 0.533. The second-order valence-corrected chi connectivity index (χ2v) is 8.39. The Hall–Kier alpha value is -0.860. The molecule has 0 aromatic heterocycles. The van der Waals surface area contributed by atoms with Gasteiger partial charge in [0.2, 0.25) is 15.9 Å². The van der Waals surface area contributed by atoms with E-state index in [-0.39, 0.29) is 41.6 Å². The molecule has 6 nitrogen and oxygen atoms in total.